The van der Waals surface area contributed by atoms with Gasteiger partial charge in [-0.25, -0.2) is 8.42 Å². The van der Waals surface area contributed by atoms with Crippen LogP contribution in [0, 0.1) is 5.41 Å². The first kappa shape index (κ1) is 13.7. The molecule has 1 aromatic rings. The summed E-state index contributed by atoms with van der Waals surface area (Å²) in [5, 5.41) is 8.87. The van der Waals surface area contributed by atoms with Gasteiger partial charge in [-0.3, -0.25) is 5.41 Å². The minimum atomic E-state index is -3.00. The lowest BCUT2D eigenvalue weighted by molar-refractivity contribution is 0.601. The van der Waals surface area contributed by atoms with Crippen LogP contribution in [0.15, 0.2) is 22.7 Å². The van der Waals surface area contributed by atoms with Crippen molar-refractivity contribution in [2.75, 3.05) is 16.4 Å². The van der Waals surface area contributed by atoms with Crippen molar-refractivity contribution < 1.29 is 8.42 Å². The summed E-state index contributed by atoms with van der Waals surface area (Å²) < 4.78 is 24.3. The average Bonchev–Trinajstić information content (AvgIpc) is 2.70. The Morgan fingerprint density at radius 2 is 2.16 bits per heavy atom. The van der Waals surface area contributed by atoms with Crippen LogP contribution in [0.2, 0.25) is 5.02 Å². The number of sulfone groups is 1. The zero-order valence-electron chi connectivity index (χ0n) is 9.64. The van der Waals surface area contributed by atoms with E-state index in [1.165, 1.54) is 11.8 Å². The number of amidine groups is 1. The second-order valence-corrected chi connectivity index (χ2v) is 9.28. The molecular weight excluding hydrogens is 372 g/mol. The number of hydrogen-bond acceptors (Lipinski definition) is 4. The molecule has 2 heterocycles. The van der Waals surface area contributed by atoms with Crippen molar-refractivity contribution in [2.45, 2.75) is 11.3 Å². The van der Waals surface area contributed by atoms with Gasteiger partial charge in [0.2, 0.25) is 0 Å². The lowest BCUT2D eigenvalue weighted by atomic mass is 10.2. The molecule has 4 nitrogen and oxygen atoms in total. The number of thioether (sulfide) groups is 1. The second kappa shape index (κ2) is 4.65. The molecule has 0 bridgehead atoms. The minimum absolute atomic E-state index is 0.0581. The Morgan fingerprint density at radius 3 is 2.84 bits per heavy atom. The zero-order valence-corrected chi connectivity index (χ0v) is 13.6. The predicted octanol–water partition coefficient (Wildman–Crippen LogP) is 2.76. The first-order valence-corrected chi connectivity index (χ1v) is 9.44. The van der Waals surface area contributed by atoms with Gasteiger partial charge in [0.05, 0.1) is 28.3 Å². The summed E-state index contributed by atoms with van der Waals surface area (Å²) in [6, 6.07) is 5.23. The first-order chi connectivity index (χ1) is 8.87. The molecule has 102 valence electrons. The van der Waals surface area contributed by atoms with Crippen molar-refractivity contribution in [3.05, 3.63) is 27.7 Å². The Balaban J connectivity index is 2.02. The molecule has 8 heteroatoms. The monoisotopic (exact) mass is 380 g/mol. The largest absolute Gasteiger partial charge is 0.315 e. The Morgan fingerprint density at radius 1 is 1.42 bits per heavy atom. The average molecular weight is 382 g/mol. The fourth-order valence-corrected chi connectivity index (χ4v) is 7.02. The van der Waals surface area contributed by atoms with Crippen molar-refractivity contribution in [1.29, 1.82) is 5.41 Å². The molecule has 19 heavy (non-hydrogen) atoms. The van der Waals surface area contributed by atoms with Crippen LogP contribution in [0.25, 0.3) is 0 Å². The molecule has 2 atom stereocenters. The summed E-state index contributed by atoms with van der Waals surface area (Å²) >= 11 is 10.9. The molecule has 2 aliphatic rings. The predicted molar refractivity (Wildman–Crippen MR) is 83.2 cm³/mol. The molecule has 2 aliphatic heterocycles. The van der Waals surface area contributed by atoms with E-state index < -0.39 is 9.84 Å². The SMILES string of the molecule is N=C1SC2CS(=O)(=O)CC2N1c1ccc(Br)cc1Cl. The van der Waals surface area contributed by atoms with Crippen LogP contribution < -0.4 is 4.90 Å². The van der Waals surface area contributed by atoms with Gasteiger partial charge in [0.1, 0.15) is 0 Å². The molecule has 0 aliphatic carbocycles. The van der Waals surface area contributed by atoms with Gasteiger partial charge in [-0.1, -0.05) is 39.3 Å². The number of halogens is 2. The van der Waals surface area contributed by atoms with E-state index in [0.717, 1.165) is 4.47 Å². The lowest BCUT2D eigenvalue weighted by Gasteiger charge is -2.24. The third-order valence-corrected chi connectivity index (χ3v) is 7.18. The summed E-state index contributed by atoms with van der Waals surface area (Å²) in [7, 11) is -3.00. The molecular formula is C11H10BrClN2O2S2. The highest BCUT2D eigenvalue weighted by Gasteiger charge is 2.49. The van der Waals surface area contributed by atoms with Crippen molar-refractivity contribution in [3.8, 4) is 0 Å². The zero-order chi connectivity index (χ0) is 13.8. The maximum atomic E-state index is 11.7. The fraction of sp³-hybridized carbons (Fsp3) is 0.364. The number of hydrogen-bond donors (Lipinski definition) is 1. The summed E-state index contributed by atoms with van der Waals surface area (Å²) in [5.74, 6) is 0.245. The van der Waals surface area contributed by atoms with Gasteiger partial charge >= 0.3 is 0 Å². The third kappa shape index (κ3) is 2.41. The van der Waals surface area contributed by atoms with Gasteiger partial charge in [-0.15, -0.1) is 0 Å². The van der Waals surface area contributed by atoms with E-state index in [4.69, 9.17) is 17.0 Å². The molecule has 1 aromatic carbocycles. The molecule has 0 radical (unpaired) electrons. The highest BCUT2D eigenvalue weighted by Crippen LogP contribution is 2.42. The highest BCUT2D eigenvalue weighted by atomic mass is 79.9. The van der Waals surface area contributed by atoms with Crippen LogP contribution in [0.4, 0.5) is 5.69 Å². The van der Waals surface area contributed by atoms with Crippen LogP contribution in [0.5, 0.6) is 0 Å². The molecule has 1 N–H and O–H groups in total. The van der Waals surface area contributed by atoms with Gasteiger partial charge in [0.25, 0.3) is 0 Å². The Hall–Kier alpha value is -0.240. The van der Waals surface area contributed by atoms with E-state index in [1.54, 1.807) is 11.0 Å². The molecule has 2 saturated heterocycles. The van der Waals surface area contributed by atoms with E-state index >= 15 is 0 Å². The van der Waals surface area contributed by atoms with Crippen molar-refractivity contribution >= 4 is 60.0 Å². The molecule has 2 unspecified atom stereocenters. The molecule has 3 rings (SSSR count). The maximum absolute atomic E-state index is 11.7. The third-order valence-electron chi connectivity index (χ3n) is 3.25. The highest BCUT2D eigenvalue weighted by molar-refractivity contribution is 9.10. The van der Waals surface area contributed by atoms with Crippen molar-refractivity contribution in [2.24, 2.45) is 0 Å². The fourth-order valence-electron chi connectivity index (χ4n) is 2.47. The van der Waals surface area contributed by atoms with Gasteiger partial charge in [-0.2, -0.15) is 0 Å². The topological polar surface area (TPSA) is 61.2 Å². The number of rotatable bonds is 1. The molecule has 2 fully saturated rings. The lowest BCUT2D eigenvalue weighted by Crippen LogP contribution is -2.37. The standard InChI is InChI=1S/C11H10BrClN2O2S2/c12-6-1-2-8(7(13)3-6)15-9-4-19(16,17)5-10(9)18-11(15)14/h1-3,9-10,14H,4-5H2. The number of anilines is 1. The molecule has 0 spiro atoms. The summed E-state index contributed by atoms with van der Waals surface area (Å²) in [4.78, 5) is 1.74. The van der Waals surface area contributed by atoms with E-state index in [-0.39, 0.29) is 22.8 Å². The van der Waals surface area contributed by atoms with Gasteiger partial charge < -0.3 is 4.90 Å². The van der Waals surface area contributed by atoms with Crippen LogP contribution in [-0.2, 0) is 9.84 Å². The Bertz CT molecular complexity index is 665. The van der Waals surface area contributed by atoms with Crippen LogP contribution in [0.3, 0.4) is 0 Å². The van der Waals surface area contributed by atoms with Crippen LogP contribution >= 0.6 is 39.3 Å². The molecule has 0 amide bonds. The quantitative estimate of drug-likeness (QED) is 0.812. The molecule has 0 aromatic heterocycles. The number of fused-ring (bicyclic) bond motifs is 1. The van der Waals surface area contributed by atoms with Crippen molar-refractivity contribution in [3.63, 3.8) is 0 Å². The summed E-state index contributed by atoms with van der Waals surface area (Å²) in [6.07, 6.45) is 0. The molecule has 0 saturated carbocycles. The maximum Gasteiger partial charge on any atom is 0.161 e. The van der Waals surface area contributed by atoms with Crippen LogP contribution in [0.1, 0.15) is 0 Å². The van der Waals surface area contributed by atoms with E-state index in [9.17, 15) is 8.42 Å². The smallest absolute Gasteiger partial charge is 0.161 e. The summed E-state index contributed by atoms with van der Waals surface area (Å²) in [5.41, 5.74) is 0.701. The van der Waals surface area contributed by atoms with Gasteiger partial charge in [-0.05, 0) is 18.2 Å². The van der Waals surface area contributed by atoms with E-state index in [0.29, 0.717) is 15.9 Å². The van der Waals surface area contributed by atoms with Crippen molar-refractivity contribution in [1.82, 2.24) is 0 Å². The second-order valence-electron chi connectivity index (χ2n) is 4.57. The normalized spacial score (nSPS) is 28.7. The van der Waals surface area contributed by atoms with Gasteiger partial charge in [0, 0.05) is 9.72 Å². The van der Waals surface area contributed by atoms with Crippen LogP contribution in [-0.4, -0.2) is 36.4 Å². The summed E-state index contributed by atoms with van der Waals surface area (Å²) in [6.45, 7) is 0. The first-order valence-electron chi connectivity index (χ1n) is 5.57. The van der Waals surface area contributed by atoms with Gasteiger partial charge in [0.15, 0.2) is 15.0 Å². The number of benzene rings is 1. The Labute approximate surface area is 129 Å². The minimum Gasteiger partial charge on any atom is -0.315 e. The van der Waals surface area contributed by atoms with E-state index in [1.807, 2.05) is 12.1 Å². The number of nitrogens with one attached hydrogen (secondary N) is 1. The Kier molecular flexibility index (Phi) is 3.36. The number of nitrogens with zero attached hydrogens (tertiary/aromatic N) is 1. The van der Waals surface area contributed by atoms with E-state index in [2.05, 4.69) is 15.9 Å².